The van der Waals surface area contributed by atoms with Crippen LogP contribution < -0.4 is 15.6 Å². The summed E-state index contributed by atoms with van der Waals surface area (Å²) in [5.74, 6) is 0.0232. The Balaban J connectivity index is 1.69. The number of nitrogens with one attached hydrogen (secondary N) is 1. The second kappa shape index (κ2) is 7.76. The molecule has 0 aliphatic rings. The zero-order valence-electron chi connectivity index (χ0n) is 16.0. The van der Waals surface area contributed by atoms with E-state index in [9.17, 15) is 9.59 Å². The van der Waals surface area contributed by atoms with E-state index in [1.54, 1.807) is 6.07 Å². The lowest BCUT2D eigenvalue weighted by Crippen LogP contribution is -2.27. The highest BCUT2D eigenvalue weighted by Crippen LogP contribution is 2.36. The van der Waals surface area contributed by atoms with Gasteiger partial charge in [-0.25, -0.2) is 4.68 Å². The first-order chi connectivity index (χ1) is 14.1. The average Bonchev–Trinajstić information content (AvgIpc) is 3.09. The standard InChI is InChI=1S/C21H19N3O5/c1-27-10-9-24-20(25)8-7-15(23-24)21(26)22-16-12-18-14(11-19(16)28-2)13-5-3-4-6-17(13)29-18/h3-8,11-12H,9-10H2,1-2H3,(H,22,26). The molecule has 8 nitrogen and oxygen atoms in total. The van der Waals surface area contributed by atoms with Gasteiger partial charge in [0.15, 0.2) is 0 Å². The van der Waals surface area contributed by atoms with Crippen LogP contribution >= 0.6 is 0 Å². The summed E-state index contributed by atoms with van der Waals surface area (Å²) < 4.78 is 17.5. The minimum atomic E-state index is -0.468. The number of fused-ring (bicyclic) bond motifs is 3. The van der Waals surface area contributed by atoms with Crippen LogP contribution in [0, 0.1) is 0 Å². The number of hydrogen-bond donors (Lipinski definition) is 1. The third-order valence-electron chi connectivity index (χ3n) is 4.55. The summed E-state index contributed by atoms with van der Waals surface area (Å²) in [5, 5.41) is 8.74. The van der Waals surface area contributed by atoms with Gasteiger partial charge in [-0.05, 0) is 18.2 Å². The zero-order valence-corrected chi connectivity index (χ0v) is 16.0. The Morgan fingerprint density at radius 2 is 1.93 bits per heavy atom. The molecule has 8 heteroatoms. The van der Waals surface area contributed by atoms with E-state index < -0.39 is 5.91 Å². The summed E-state index contributed by atoms with van der Waals surface area (Å²) in [6.45, 7) is 0.569. The van der Waals surface area contributed by atoms with Crippen molar-refractivity contribution in [3.05, 3.63) is 64.6 Å². The molecule has 2 aromatic carbocycles. The highest BCUT2D eigenvalue weighted by Gasteiger charge is 2.16. The number of ether oxygens (including phenoxy) is 2. The Labute approximate surface area is 165 Å². The predicted octanol–water partition coefficient (Wildman–Crippen LogP) is 3.05. The van der Waals surface area contributed by atoms with Gasteiger partial charge in [0, 0.05) is 30.0 Å². The van der Waals surface area contributed by atoms with Crippen LogP contribution in [0.2, 0.25) is 0 Å². The summed E-state index contributed by atoms with van der Waals surface area (Å²) in [6, 6.07) is 13.9. The molecule has 1 amide bonds. The van der Waals surface area contributed by atoms with Gasteiger partial charge in [-0.1, -0.05) is 18.2 Å². The Bertz CT molecular complexity index is 1260. The van der Waals surface area contributed by atoms with E-state index in [1.165, 1.54) is 31.0 Å². The van der Waals surface area contributed by atoms with E-state index in [1.807, 2.05) is 30.3 Å². The number of amides is 1. The minimum absolute atomic E-state index is 0.104. The number of carbonyl (C=O) groups is 1. The quantitative estimate of drug-likeness (QED) is 0.541. The maximum Gasteiger partial charge on any atom is 0.276 e. The molecule has 0 aliphatic carbocycles. The Kier molecular flexibility index (Phi) is 5.01. The number of furan rings is 1. The molecule has 0 radical (unpaired) electrons. The molecule has 2 aromatic heterocycles. The molecule has 1 N–H and O–H groups in total. The molecule has 0 fully saturated rings. The number of benzene rings is 2. The molecule has 0 saturated heterocycles. The van der Waals surface area contributed by atoms with Gasteiger partial charge in [-0.15, -0.1) is 0 Å². The number of rotatable bonds is 6. The number of aromatic nitrogens is 2. The number of carbonyl (C=O) groups excluding carboxylic acids is 1. The van der Waals surface area contributed by atoms with Gasteiger partial charge < -0.3 is 19.2 Å². The van der Waals surface area contributed by atoms with Gasteiger partial charge in [0.05, 0.1) is 25.9 Å². The van der Waals surface area contributed by atoms with Crippen molar-refractivity contribution in [1.29, 1.82) is 0 Å². The maximum atomic E-state index is 12.7. The first-order valence-corrected chi connectivity index (χ1v) is 8.98. The molecule has 0 spiro atoms. The first kappa shape index (κ1) is 18.7. The molecule has 29 heavy (non-hydrogen) atoms. The fraction of sp³-hybridized carbons (Fsp3) is 0.190. The van der Waals surface area contributed by atoms with Gasteiger partial charge >= 0.3 is 0 Å². The van der Waals surface area contributed by atoms with Crippen LogP contribution in [0.5, 0.6) is 5.75 Å². The van der Waals surface area contributed by atoms with Crippen molar-refractivity contribution < 1.29 is 18.7 Å². The van der Waals surface area contributed by atoms with Crippen molar-refractivity contribution in [2.24, 2.45) is 0 Å². The maximum absolute atomic E-state index is 12.7. The second-order valence-electron chi connectivity index (χ2n) is 6.37. The van der Waals surface area contributed by atoms with Crippen LogP contribution in [0.4, 0.5) is 5.69 Å². The fourth-order valence-electron chi connectivity index (χ4n) is 3.11. The monoisotopic (exact) mass is 393 g/mol. The van der Waals surface area contributed by atoms with Crippen LogP contribution in [-0.2, 0) is 11.3 Å². The Morgan fingerprint density at radius 1 is 1.10 bits per heavy atom. The number of anilines is 1. The fourth-order valence-corrected chi connectivity index (χ4v) is 3.11. The number of nitrogens with zero attached hydrogens (tertiary/aromatic N) is 2. The smallest absolute Gasteiger partial charge is 0.276 e. The van der Waals surface area contributed by atoms with Crippen LogP contribution in [0.3, 0.4) is 0 Å². The van der Waals surface area contributed by atoms with Crippen molar-refractivity contribution >= 4 is 33.5 Å². The lowest BCUT2D eigenvalue weighted by atomic mass is 10.1. The molecule has 4 rings (SSSR count). The molecule has 0 atom stereocenters. The Morgan fingerprint density at radius 3 is 2.72 bits per heavy atom. The van der Waals surface area contributed by atoms with Gasteiger partial charge in [0.1, 0.15) is 22.6 Å². The largest absolute Gasteiger partial charge is 0.495 e. The van der Waals surface area contributed by atoms with E-state index in [-0.39, 0.29) is 17.8 Å². The topological polar surface area (TPSA) is 95.6 Å². The summed E-state index contributed by atoms with van der Waals surface area (Å²) >= 11 is 0. The van der Waals surface area contributed by atoms with E-state index in [4.69, 9.17) is 13.9 Å². The van der Waals surface area contributed by atoms with Crippen molar-refractivity contribution in [1.82, 2.24) is 9.78 Å². The highest BCUT2D eigenvalue weighted by atomic mass is 16.5. The van der Waals surface area contributed by atoms with Crippen LogP contribution in [0.25, 0.3) is 21.9 Å². The number of hydrogen-bond acceptors (Lipinski definition) is 6. The van der Waals surface area contributed by atoms with Gasteiger partial charge in [0.25, 0.3) is 11.5 Å². The van der Waals surface area contributed by atoms with Crippen molar-refractivity contribution in [3.63, 3.8) is 0 Å². The van der Waals surface area contributed by atoms with Crippen LogP contribution in [0.15, 0.2) is 57.7 Å². The van der Waals surface area contributed by atoms with Crippen molar-refractivity contribution in [3.8, 4) is 5.75 Å². The molecule has 148 valence electrons. The predicted molar refractivity (Wildman–Crippen MR) is 109 cm³/mol. The second-order valence-corrected chi connectivity index (χ2v) is 6.37. The Hall–Kier alpha value is -3.65. The summed E-state index contributed by atoms with van der Waals surface area (Å²) in [5.41, 5.74) is 1.62. The van der Waals surface area contributed by atoms with Crippen molar-refractivity contribution in [2.75, 3.05) is 26.1 Å². The van der Waals surface area contributed by atoms with E-state index in [0.29, 0.717) is 23.6 Å². The number of methoxy groups -OCH3 is 2. The van der Waals surface area contributed by atoms with Crippen LogP contribution in [-0.4, -0.2) is 36.5 Å². The molecule has 2 heterocycles. The normalized spacial score (nSPS) is 11.1. The number of para-hydroxylation sites is 1. The highest BCUT2D eigenvalue weighted by molar-refractivity contribution is 6.09. The van der Waals surface area contributed by atoms with Crippen LogP contribution in [0.1, 0.15) is 10.5 Å². The third kappa shape index (κ3) is 3.57. The van der Waals surface area contributed by atoms with E-state index in [2.05, 4.69) is 10.4 Å². The lowest BCUT2D eigenvalue weighted by molar-refractivity contribution is 0.101. The molecular weight excluding hydrogens is 374 g/mol. The van der Waals surface area contributed by atoms with E-state index in [0.717, 1.165) is 16.4 Å². The SMILES string of the molecule is COCCn1nc(C(=O)Nc2cc3oc4ccccc4c3cc2OC)ccc1=O. The molecule has 0 aliphatic heterocycles. The molecule has 0 unspecified atom stereocenters. The summed E-state index contributed by atoms with van der Waals surface area (Å²) in [4.78, 5) is 24.6. The molecule has 0 bridgehead atoms. The lowest BCUT2D eigenvalue weighted by Gasteiger charge is -2.11. The van der Waals surface area contributed by atoms with Gasteiger partial charge in [-0.3, -0.25) is 9.59 Å². The summed E-state index contributed by atoms with van der Waals surface area (Å²) in [6.07, 6.45) is 0. The molecule has 0 saturated carbocycles. The van der Waals surface area contributed by atoms with Gasteiger partial charge in [0.2, 0.25) is 0 Å². The third-order valence-corrected chi connectivity index (χ3v) is 4.55. The molecule has 4 aromatic rings. The summed E-state index contributed by atoms with van der Waals surface area (Å²) in [7, 11) is 3.06. The zero-order chi connectivity index (χ0) is 20.4. The van der Waals surface area contributed by atoms with Crippen molar-refractivity contribution in [2.45, 2.75) is 6.54 Å². The van der Waals surface area contributed by atoms with Gasteiger partial charge in [-0.2, -0.15) is 5.10 Å². The average molecular weight is 393 g/mol. The molecular formula is C21H19N3O5. The first-order valence-electron chi connectivity index (χ1n) is 8.98. The van der Waals surface area contributed by atoms with E-state index >= 15 is 0 Å². The minimum Gasteiger partial charge on any atom is -0.495 e.